The van der Waals surface area contributed by atoms with E-state index in [1.54, 1.807) is 7.11 Å². The molecule has 24 heavy (non-hydrogen) atoms. The summed E-state index contributed by atoms with van der Waals surface area (Å²) in [6.07, 6.45) is -0.0798. The molecule has 0 amide bonds. The Morgan fingerprint density at radius 3 is 2.50 bits per heavy atom. The van der Waals surface area contributed by atoms with Crippen LogP contribution < -0.4 is 10.1 Å². The van der Waals surface area contributed by atoms with Gasteiger partial charge in [-0.15, -0.1) is 0 Å². The normalized spacial score (nSPS) is 18.2. The highest BCUT2D eigenvalue weighted by Gasteiger charge is 2.23. The Morgan fingerprint density at radius 2 is 1.92 bits per heavy atom. The van der Waals surface area contributed by atoms with Gasteiger partial charge < -0.3 is 19.9 Å². The lowest BCUT2D eigenvalue weighted by Crippen LogP contribution is -2.45. The Labute approximate surface area is 148 Å². The summed E-state index contributed by atoms with van der Waals surface area (Å²) in [7, 11) is 1.64. The second-order valence-corrected chi connectivity index (χ2v) is 5.93. The monoisotopic (exact) mass is 349 g/mol. The fraction of sp³-hybridized carbons (Fsp3) is 0.368. The smallest absolute Gasteiger partial charge is 0.122 e. The number of rotatable bonds is 4. The van der Waals surface area contributed by atoms with Crippen LogP contribution in [-0.2, 0) is 11.2 Å². The Balaban J connectivity index is 0.000000249. The maximum absolute atomic E-state index is 10.1. The number of aliphatic hydroxyl groups is 1. The van der Waals surface area contributed by atoms with Crippen LogP contribution in [0.15, 0.2) is 54.6 Å². The molecule has 0 aliphatic carbocycles. The number of methoxy groups -OCH3 is 1. The Bertz CT molecular complexity index is 588. The third-order valence-electron chi connectivity index (χ3n) is 3.74. The summed E-state index contributed by atoms with van der Waals surface area (Å²) in [5.41, 5.74) is 1.01. The van der Waals surface area contributed by atoms with Crippen LogP contribution in [0.4, 0.5) is 0 Å². The van der Waals surface area contributed by atoms with E-state index in [0.717, 1.165) is 22.9 Å². The fourth-order valence-corrected chi connectivity index (χ4v) is 2.62. The fourth-order valence-electron chi connectivity index (χ4n) is 2.48. The van der Waals surface area contributed by atoms with E-state index in [2.05, 4.69) is 5.32 Å². The van der Waals surface area contributed by atoms with Gasteiger partial charge in [0.25, 0.3) is 0 Å². The van der Waals surface area contributed by atoms with Gasteiger partial charge in [0.05, 0.1) is 25.9 Å². The van der Waals surface area contributed by atoms with E-state index in [1.165, 1.54) is 0 Å². The zero-order valence-electron chi connectivity index (χ0n) is 13.8. The molecule has 4 nitrogen and oxygen atoms in total. The second kappa shape index (κ2) is 10.3. The standard InChI is InChI=1S/C13H19NO3.C6H5Cl/c1-16-12-5-3-2-4-10(12)8-11(15)13-9-14-6-7-17-13;7-6-4-2-1-3-5-6/h2-5,11,13-15H,6-9H2,1H3;1-5H. The van der Waals surface area contributed by atoms with Crippen molar-refractivity contribution < 1.29 is 14.6 Å². The number of halogens is 1. The SMILES string of the molecule is COc1ccccc1CC(O)C1CNCCO1.Clc1ccccc1. The molecule has 1 aliphatic rings. The third kappa shape index (κ3) is 6.13. The maximum Gasteiger partial charge on any atom is 0.122 e. The van der Waals surface area contributed by atoms with Crippen molar-refractivity contribution in [1.29, 1.82) is 0 Å². The molecule has 1 aliphatic heterocycles. The highest BCUT2D eigenvalue weighted by atomic mass is 35.5. The van der Waals surface area contributed by atoms with E-state index in [0.29, 0.717) is 19.6 Å². The topological polar surface area (TPSA) is 50.7 Å². The number of hydrogen-bond donors (Lipinski definition) is 2. The van der Waals surface area contributed by atoms with E-state index in [9.17, 15) is 5.11 Å². The van der Waals surface area contributed by atoms with E-state index >= 15 is 0 Å². The minimum atomic E-state index is -0.501. The van der Waals surface area contributed by atoms with Gasteiger partial charge in [0, 0.05) is 24.5 Å². The van der Waals surface area contributed by atoms with Crippen molar-refractivity contribution >= 4 is 11.6 Å². The third-order valence-corrected chi connectivity index (χ3v) is 3.99. The molecule has 2 unspecified atom stereocenters. The summed E-state index contributed by atoms with van der Waals surface area (Å²) in [5, 5.41) is 14.1. The van der Waals surface area contributed by atoms with E-state index in [1.807, 2.05) is 54.6 Å². The number of hydrogen-bond acceptors (Lipinski definition) is 4. The lowest BCUT2D eigenvalue weighted by molar-refractivity contribution is -0.0516. The number of morpholine rings is 1. The first-order valence-electron chi connectivity index (χ1n) is 8.03. The number of nitrogens with one attached hydrogen (secondary N) is 1. The van der Waals surface area contributed by atoms with E-state index in [-0.39, 0.29) is 6.10 Å². The molecular formula is C19H24ClNO3. The predicted octanol–water partition coefficient (Wildman–Crippen LogP) is 2.93. The molecular weight excluding hydrogens is 326 g/mol. The van der Waals surface area contributed by atoms with Crippen molar-refractivity contribution in [2.45, 2.75) is 18.6 Å². The molecule has 2 aromatic carbocycles. The van der Waals surface area contributed by atoms with Crippen molar-refractivity contribution in [2.24, 2.45) is 0 Å². The van der Waals surface area contributed by atoms with E-state index in [4.69, 9.17) is 21.1 Å². The summed E-state index contributed by atoms with van der Waals surface area (Å²) in [5.74, 6) is 0.815. The molecule has 0 aromatic heterocycles. The molecule has 5 heteroatoms. The zero-order valence-corrected chi connectivity index (χ0v) is 14.6. The Hall–Kier alpha value is -1.59. The molecule has 1 heterocycles. The molecule has 3 rings (SSSR count). The Morgan fingerprint density at radius 1 is 1.21 bits per heavy atom. The van der Waals surface area contributed by atoms with Gasteiger partial charge in [-0.2, -0.15) is 0 Å². The van der Waals surface area contributed by atoms with Gasteiger partial charge >= 0.3 is 0 Å². The van der Waals surface area contributed by atoms with Crippen molar-refractivity contribution in [3.8, 4) is 5.75 Å². The van der Waals surface area contributed by atoms with Crippen LogP contribution in [0.5, 0.6) is 5.75 Å². The van der Waals surface area contributed by atoms with Gasteiger partial charge in [0.1, 0.15) is 5.75 Å². The molecule has 0 saturated carbocycles. The summed E-state index contributed by atoms with van der Waals surface area (Å²) >= 11 is 5.54. The molecule has 0 bridgehead atoms. The first-order valence-corrected chi connectivity index (χ1v) is 8.41. The van der Waals surface area contributed by atoms with Gasteiger partial charge in [-0.3, -0.25) is 0 Å². The molecule has 1 saturated heterocycles. The number of aliphatic hydroxyl groups excluding tert-OH is 1. The highest BCUT2D eigenvalue weighted by molar-refractivity contribution is 6.30. The largest absolute Gasteiger partial charge is 0.496 e. The number of benzene rings is 2. The van der Waals surface area contributed by atoms with Crippen LogP contribution in [0.3, 0.4) is 0 Å². The molecule has 2 N–H and O–H groups in total. The highest BCUT2D eigenvalue weighted by Crippen LogP contribution is 2.20. The van der Waals surface area contributed by atoms with Crippen molar-refractivity contribution in [3.63, 3.8) is 0 Å². The van der Waals surface area contributed by atoms with Crippen molar-refractivity contribution in [1.82, 2.24) is 5.32 Å². The molecule has 0 radical (unpaired) electrons. The number of ether oxygens (including phenoxy) is 2. The van der Waals surface area contributed by atoms with Crippen molar-refractivity contribution in [3.05, 3.63) is 65.2 Å². The summed E-state index contributed by atoms with van der Waals surface area (Å²) in [6.45, 7) is 2.22. The zero-order chi connectivity index (χ0) is 17.2. The maximum atomic E-state index is 10.1. The lowest BCUT2D eigenvalue weighted by Gasteiger charge is -2.28. The first-order chi connectivity index (χ1) is 11.7. The van der Waals surface area contributed by atoms with Crippen LogP contribution in [0.1, 0.15) is 5.56 Å². The summed E-state index contributed by atoms with van der Waals surface area (Å²) in [4.78, 5) is 0. The quantitative estimate of drug-likeness (QED) is 0.891. The lowest BCUT2D eigenvalue weighted by atomic mass is 10.0. The average Bonchev–Trinajstić information content (AvgIpc) is 2.64. The predicted molar refractivity (Wildman–Crippen MR) is 96.8 cm³/mol. The summed E-state index contributed by atoms with van der Waals surface area (Å²) < 4.78 is 10.8. The van der Waals surface area contributed by atoms with Crippen LogP contribution in [0, 0.1) is 0 Å². The molecule has 130 valence electrons. The first kappa shape index (κ1) is 18.7. The minimum Gasteiger partial charge on any atom is -0.496 e. The van der Waals surface area contributed by atoms with Gasteiger partial charge in [-0.25, -0.2) is 0 Å². The van der Waals surface area contributed by atoms with Crippen molar-refractivity contribution in [2.75, 3.05) is 26.8 Å². The molecule has 0 spiro atoms. The molecule has 2 atom stereocenters. The van der Waals surface area contributed by atoms with Crippen LogP contribution in [-0.4, -0.2) is 44.1 Å². The summed E-state index contributed by atoms with van der Waals surface area (Å²) in [6, 6.07) is 17.2. The molecule has 2 aromatic rings. The average molecular weight is 350 g/mol. The second-order valence-electron chi connectivity index (χ2n) is 5.49. The number of para-hydroxylation sites is 1. The van der Waals surface area contributed by atoms with Crippen LogP contribution in [0.2, 0.25) is 5.02 Å². The molecule has 1 fully saturated rings. The van der Waals surface area contributed by atoms with Gasteiger partial charge in [-0.1, -0.05) is 48.0 Å². The van der Waals surface area contributed by atoms with Gasteiger partial charge in [0.15, 0.2) is 0 Å². The van der Waals surface area contributed by atoms with Crippen LogP contribution in [0.25, 0.3) is 0 Å². The van der Waals surface area contributed by atoms with Gasteiger partial charge in [0.2, 0.25) is 0 Å². The Kier molecular flexibility index (Phi) is 8.05. The van der Waals surface area contributed by atoms with Gasteiger partial charge in [-0.05, 0) is 23.8 Å². The van der Waals surface area contributed by atoms with Crippen LogP contribution >= 0.6 is 11.6 Å². The minimum absolute atomic E-state index is 0.131. The van der Waals surface area contributed by atoms with E-state index < -0.39 is 6.10 Å².